The standard InChI is InChI=1S/C16H14N2O12S4/c19-14-9-3-1-2-4-10(9)15(20)13-11(14)5-6-12(33(27,28)17-7-31(21,22)23)16(13)34(29,30)18-8-32(24,25)26/h1-6,17-18H,7-8H2,(H,21,22,23)(H,24,25,26). The SMILES string of the molecule is O=C1c2ccccc2C(=O)c2c1ccc(S(=O)(=O)NCS(=O)(=O)O)c2S(=O)(=O)NCS(=O)(=O)O. The van der Waals surface area contributed by atoms with Gasteiger partial charge in [-0.1, -0.05) is 24.3 Å². The molecule has 14 nitrogen and oxygen atoms in total. The summed E-state index contributed by atoms with van der Waals surface area (Å²) in [5, 5.41) is 0. The molecule has 0 saturated heterocycles. The molecule has 2 aromatic carbocycles. The number of carbonyl (C=O) groups excluding carboxylic acids is 2. The van der Waals surface area contributed by atoms with Gasteiger partial charge in [0.25, 0.3) is 20.2 Å². The highest BCUT2D eigenvalue weighted by Gasteiger charge is 2.39. The Kier molecular flexibility index (Phi) is 6.56. The first-order valence-electron chi connectivity index (χ1n) is 8.70. The van der Waals surface area contributed by atoms with Crippen molar-refractivity contribution in [1.82, 2.24) is 9.44 Å². The lowest BCUT2D eigenvalue weighted by Crippen LogP contribution is -2.36. The van der Waals surface area contributed by atoms with E-state index in [0.29, 0.717) is 6.07 Å². The van der Waals surface area contributed by atoms with Gasteiger partial charge in [-0.25, -0.2) is 16.8 Å². The molecule has 0 radical (unpaired) electrons. The molecule has 1 aliphatic carbocycles. The lowest BCUT2D eigenvalue weighted by Gasteiger charge is -2.22. The van der Waals surface area contributed by atoms with Gasteiger partial charge in [-0.2, -0.15) is 26.3 Å². The number of rotatable bonds is 8. The third-order valence-corrected chi connectivity index (χ3v) is 8.87. The molecule has 0 saturated carbocycles. The lowest BCUT2D eigenvalue weighted by atomic mass is 9.84. The summed E-state index contributed by atoms with van der Waals surface area (Å²) in [6, 6.07) is 6.66. The highest BCUT2D eigenvalue weighted by Crippen LogP contribution is 2.35. The van der Waals surface area contributed by atoms with Crippen LogP contribution < -0.4 is 9.44 Å². The zero-order valence-electron chi connectivity index (χ0n) is 16.5. The molecule has 2 aromatic rings. The third-order valence-electron chi connectivity index (χ3n) is 4.43. The zero-order valence-corrected chi connectivity index (χ0v) is 19.8. The third kappa shape index (κ3) is 5.23. The van der Waals surface area contributed by atoms with Gasteiger partial charge in [-0.3, -0.25) is 18.7 Å². The smallest absolute Gasteiger partial charge is 0.279 e. The van der Waals surface area contributed by atoms with E-state index < -0.39 is 84.5 Å². The van der Waals surface area contributed by atoms with Crippen LogP contribution in [0.3, 0.4) is 0 Å². The van der Waals surface area contributed by atoms with Gasteiger partial charge in [0.15, 0.2) is 11.6 Å². The van der Waals surface area contributed by atoms with Crippen LogP contribution in [0.4, 0.5) is 0 Å². The molecule has 0 bridgehead atoms. The minimum absolute atomic E-state index is 0.102. The Bertz CT molecular complexity index is 1660. The second-order valence-corrected chi connectivity index (χ2v) is 13.1. The second kappa shape index (κ2) is 8.57. The maximum Gasteiger partial charge on any atom is 0.279 e. The molecule has 18 heteroatoms. The summed E-state index contributed by atoms with van der Waals surface area (Å²) < 4.78 is 116. The number of hydrogen-bond acceptors (Lipinski definition) is 10. The van der Waals surface area contributed by atoms with Gasteiger partial charge in [0.05, 0.1) is 5.56 Å². The van der Waals surface area contributed by atoms with Crippen molar-refractivity contribution < 1.29 is 52.4 Å². The zero-order chi connectivity index (χ0) is 25.7. The molecule has 0 unspecified atom stereocenters. The molecular formula is C16H14N2O12S4. The summed E-state index contributed by atoms with van der Waals surface area (Å²) in [5.41, 5.74) is -1.81. The van der Waals surface area contributed by atoms with E-state index in [2.05, 4.69) is 0 Å². The number of ketones is 2. The molecule has 0 fully saturated rings. The first-order valence-corrected chi connectivity index (χ1v) is 14.9. The number of carbonyl (C=O) groups is 2. The van der Waals surface area contributed by atoms with Crippen LogP contribution in [0.25, 0.3) is 0 Å². The van der Waals surface area contributed by atoms with Crippen molar-refractivity contribution >= 4 is 51.8 Å². The van der Waals surface area contributed by atoms with E-state index in [1.807, 2.05) is 0 Å². The average Bonchev–Trinajstić information content (AvgIpc) is 2.73. The molecule has 0 atom stereocenters. The summed E-state index contributed by atoms with van der Waals surface area (Å²) in [4.78, 5) is 23.5. The van der Waals surface area contributed by atoms with Crippen molar-refractivity contribution in [2.75, 3.05) is 11.8 Å². The average molecular weight is 555 g/mol. The first kappa shape index (κ1) is 26.0. The molecule has 1 aliphatic rings. The Labute approximate surface area is 193 Å². The number of benzene rings is 2. The van der Waals surface area contributed by atoms with Gasteiger partial charge in [0.1, 0.15) is 21.5 Å². The van der Waals surface area contributed by atoms with E-state index in [1.165, 1.54) is 33.7 Å². The Morgan fingerprint density at radius 2 is 1.09 bits per heavy atom. The van der Waals surface area contributed by atoms with Crippen molar-refractivity contribution in [1.29, 1.82) is 0 Å². The summed E-state index contributed by atoms with van der Waals surface area (Å²) >= 11 is 0. The van der Waals surface area contributed by atoms with Gasteiger partial charge >= 0.3 is 0 Å². The summed E-state index contributed by atoms with van der Waals surface area (Å²) in [7, 11) is -20.2. The lowest BCUT2D eigenvalue weighted by molar-refractivity contribution is 0.0976. The molecule has 0 aromatic heterocycles. The first-order chi connectivity index (χ1) is 15.4. The fourth-order valence-electron chi connectivity index (χ4n) is 3.07. The van der Waals surface area contributed by atoms with Gasteiger partial charge in [-0.15, -0.1) is 0 Å². The van der Waals surface area contributed by atoms with Crippen LogP contribution in [0.1, 0.15) is 31.8 Å². The van der Waals surface area contributed by atoms with E-state index in [9.17, 15) is 43.3 Å². The van der Waals surface area contributed by atoms with Crippen molar-refractivity contribution in [2.45, 2.75) is 9.79 Å². The number of hydrogen-bond donors (Lipinski definition) is 4. The van der Waals surface area contributed by atoms with Crippen molar-refractivity contribution in [3.63, 3.8) is 0 Å². The van der Waals surface area contributed by atoms with Gasteiger partial charge in [0, 0.05) is 16.7 Å². The van der Waals surface area contributed by atoms with Gasteiger partial charge < -0.3 is 0 Å². The van der Waals surface area contributed by atoms with Crippen LogP contribution in [-0.4, -0.2) is 66.1 Å². The maximum absolute atomic E-state index is 13.2. The Morgan fingerprint density at radius 3 is 1.59 bits per heavy atom. The molecule has 0 heterocycles. The van der Waals surface area contributed by atoms with Gasteiger partial charge in [0.2, 0.25) is 20.0 Å². The molecule has 4 N–H and O–H groups in total. The quantitative estimate of drug-likeness (QED) is 0.238. The molecule has 0 aliphatic heterocycles. The molecule has 3 rings (SSSR count). The Hall–Kier alpha value is -2.58. The number of nitrogens with one attached hydrogen (secondary N) is 2. The monoisotopic (exact) mass is 554 g/mol. The minimum atomic E-state index is -5.25. The van der Waals surface area contributed by atoms with Crippen LogP contribution in [0.15, 0.2) is 46.2 Å². The number of sulfonamides is 2. The fraction of sp³-hybridized carbons (Fsp3) is 0.125. The predicted molar refractivity (Wildman–Crippen MR) is 113 cm³/mol. The van der Waals surface area contributed by atoms with Crippen LogP contribution >= 0.6 is 0 Å². The largest absolute Gasteiger partial charge is 0.289 e. The van der Waals surface area contributed by atoms with Crippen molar-refractivity contribution in [3.05, 3.63) is 58.7 Å². The van der Waals surface area contributed by atoms with Crippen molar-refractivity contribution in [3.8, 4) is 0 Å². The van der Waals surface area contributed by atoms with E-state index in [-0.39, 0.29) is 11.1 Å². The van der Waals surface area contributed by atoms with Crippen LogP contribution in [0.5, 0.6) is 0 Å². The topological polar surface area (TPSA) is 235 Å². The Balaban J connectivity index is 2.35. The van der Waals surface area contributed by atoms with E-state index in [4.69, 9.17) is 9.11 Å². The van der Waals surface area contributed by atoms with E-state index in [0.717, 1.165) is 6.07 Å². The van der Waals surface area contributed by atoms with Gasteiger partial charge in [-0.05, 0) is 12.1 Å². The molecule has 0 spiro atoms. The summed E-state index contributed by atoms with van der Waals surface area (Å²) in [5.74, 6) is -5.12. The Morgan fingerprint density at radius 1 is 0.618 bits per heavy atom. The maximum atomic E-state index is 13.2. The molecule has 0 amide bonds. The highest BCUT2D eigenvalue weighted by molar-refractivity contribution is 7.94. The molecule has 34 heavy (non-hydrogen) atoms. The van der Waals surface area contributed by atoms with E-state index in [1.54, 1.807) is 0 Å². The predicted octanol–water partition coefficient (Wildman–Crippen LogP) is -1.29. The molecular weight excluding hydrogens is 540 g/mol. The van der Waals surface area contributed by atoms with Crippen molar-refractivity contribution in [2.24, 2.45) is 0 Å². The van der Waals surface area contributed by atoms with Crippen LogP contribution in [-0.2, 0) is 40.3 Å². The fourth-order valence-corrected chi connectivity index (χ4v) is 7.86. The molecule has 184 valence electrons. The van der Waals surface area contributed by atoms with Crippen LogP contribution in [0.2, 0.25) is 0 Å². The minimum Gasteiger partial charge on any atom is -0.289 e. The normalized spacial score (nSPS) is 14.5. The highest BCUT2D eigenvalue weighted by atomic mass is 32.2. The summed E-state index contributed by atoms with van der Waals surface area (Å²) in [6.45, 7) is 0. The van der Waals surface area contributed by atoms with E-state index >= 15 is 0 Å². The summed E-state index contributed by atoms with van der Waals surface area (Å²) in [6.07, 6.45) is 0. The van der Waals surface area contributed by atoms with Crippen LogP contribution in [0, 0.1) is 0 Å². The number of fused-ring (bicyclic) bond motifs is 2. The second-order valence-electron chi connectivity index (χ2n) is 6.77.